The number of likely N-dealkylation sites (tertiary alicyclic amines) is 1. The van der Waals surface area contributed by atoms with Crippen molar-refractivity contribution in [1.82, 2.24) is 20.0 Å². The van der Waals surface area contributed by atoms with E-state index in [2.05, 4.69) is 58.3 Å². The summed E-state index contributed by atoms with van der Waals surface area (Å²) < 4.78 is 1.89. The number of pyridine rings is 1. The number of likely N-dealkylation sites (N-methyl/N-ethyl adjacent to an activating group) is 1. The van der Waals surface area contributed by atoms with E-state index in [0.717, 1.165) is 111 Å². The molecule has 5 aromatic carbocycles. The van der Waals surface area contributed by atoms with Gasteiger partial charge in [0.05, 0.1) is 5.56 Å². The van der Waals surface area contributed by atoms with E-state index in [1.54, 1.807) is 0 Å². The number of Topliss-reactive ketones (excluding diaryl/α,β-unsaturated/α-hetero) is 7. The van der Waals surface area contributed by atoms with Gasteiger partial charge in [-0.3, -0.25) is 43.4 Å². The van der Waals surface area contributed by atoms with Crippen molar-refractivity contribution in [1.29, 1.82) is 0 Å². The number of nitrogens with two attached hydrogens (primary N) is 1. The minimum atomic E-state index is -0.315. The minimum Gasteiger partial charge on any atom is -1.00 e. The predicted octanol–water partition coefficient (Wildman–Crippen LogP) is 16.9. The van der Waals surface area contributed by atoms with Gasteiger partial charge in [0.2, 0.25) is 0 Å². The summed E-state index contributed by atoms with van der Waals surface area (Å²) in [7, 11) is 4.09. The second-order valence-electron chi connectivity index (χ2n) is 35.5. The summed E-state index contributed by atoms with van der Waals surface area (Å²) in [5.74, 6) is 1.86. The highest BCUT2D eigenvalue weighted by Crippen LogP contribution is 2.28. The molecule has 107 heavy (non-hydrogen) atoms. The zero-order valence-corrected chi connectivity index (χ0v) is 71.3. The zero-order chi connectivity index (χ0) is 78.6. The van der Waals surface area contributed by atoms with E-state index in [1.807, 2.05) is 285 Å². The van der Waals surface area contributed by atoms with Gasteiger partial charge in [-0.05, 0) is 87.1 Å². The number of piperazine rings is 1. The van der Waals surface area contributed by atoms with Crippen LogP contribution < -0.4 is 39.6 Å². The third-order valence-corrected chi connectivity index (χ3v) is 18.1. The number of rotatable bonds is 13. The number of halogens is 1. The van der Waals surface area contributed by atoms with Crippen molar-refractivity contribution in [3.8, 4) is 0 Å². The van der Waals surface area contributed by atoms with Gasteiger partial charge in [-0.2, -0.15) is 0 Å². The third-order valence-electron chi connectivity index (χ3n) is 18.1. The molecule has 4 heterocycles. The van der Waals surface area contributed by atoms with Gasteiger partial charge in [-0.15, -0.1) is 0 Å². The molecular formula is C93H143IN6O7. The highest BCUT2D eigenvalue weighted by atomic mass is 127. The van der Waals surface area contributed by atoms with Gasteiger partial charge in [0.1, 0.15) is 12.8 Å². The van der Waals surface area contributed by atoms with Crippen molar-refractivity contribution < 1.29 is 62.1 Å². The van der Waals surface area contributed by atoms with Crippen LogP contribution in [-0.4, -0.2) is 115 Å². The predicted molar refractivity (Wildman–Crippen MR) is 445 cm³/mol. The Balaban J connectivity index is 0.00000123. The van der Waals surface area contributed by atoms with Gasteiger partial charge in [0.15, 0.2) is 47.1 Å². The summed E-state index contributed by atoms with van der Waals surface area (Å²) in [6.07, 6.45) is 11.0. The van der Waals surface area contributed by atoms with Crippen LogP contribution in [0.5, 0.6) is 0 Å². The molecule has 9 rings (SSSR count). The summed E-state index contributed by atoms with van der Waals surface area (Å²) in [5.41, 5.74) is 13.3. The molecule has 3 aliphatic rings. The summed E-state index contributed by atoms with van der Waals surface area (Å²) in [6, 6.07) is 44.8. The fourth-order valence-corrected chi connectivity index (χ4v) is 11.4. The molecule has 1 unspecified atom stereocenters. The lowest BCUT2D eigenvalue weighted by molar-refractivity contribution is -0.671. The van der Waals surface area contributed by atoms with E-state index in [-0.39, 0.29) is 117 Å². The van der Waals surface area contributed by atoms with E-state index in [4.69, 9.17) is 5.73 Å². The molecule has 0 saturated carbocycles. The number of carbonyl (C=O) groups is 7. The molecule has 3 fully saturated rings. The van der Waals surface area contributed by atoms with Crippen LogP contribution in [0, 0.1) is 43.8 Å². The standard InChI is InChI=1S/C17H26N2O.C17H25NO.C13H18O.C12H17NO.C11H16NO.C11H14O.C10H19NO.2CH4.HI/c1-17(2,3)16(20)15-7-5-14(6-8-15)13-19-11-9-18(4)10-12-19;1-17(2,3)16(19)15-9-7-14(8-10-15)13-18-11-5-4-6-12-18;1-5-10-6-8-11(9-7-10)12(14)13(2,3)4;1-12(2,3)11(14)10-6-4-9(8-13)5-7-10;1-11(2,3)10(13)9-6-5-7-12(4)8-9;1-11(2,3)10(12)9-7-5-4-6-8-9;1-10(2,3)9(12)8-5-4-6-11-7-8;;;/h5-8H,9-13H2,1-4H3;7-10H,4-6,11-13H2,1-3H3;6-9H,5H2,1-4H3;4-7H,8,13H2,1-3H3;5-8H,1-4H3;4-8H,1-3H3;8,11H,4-7H2,1-3H3;2*1H4;1H/q;;;;+1;;;;;/p-1. The van der Waals surface area contributed by atoms with E-state index >= 15 is 0 Å². The van der Waals surface area contributed by atoms with Crippen LogP contribution in [0.2, 0.25) is 0 Å². The van der Waals surface area contributed by atoms with Crippen molar-refractivity contribution in [3.63, 3.8) is 0 Å². The molecular weight excluding hydrogens is 1440 g/mol. The Morgan fingerprint density at radius 2 is 0.720 bits per heavy atom. The topological polar surface area (TPSA) is 171 Å². The van der Waals surface area contributed by atoms with E-state index < -0.39 is 0 Å². The van der Waals surface area contributed by atoms with Gasteiger partial charge in [-0.25, -0.2) is 4.57 Å². The lowest BCUT2D eigenvalue weighted by Gasteiger charge is -2.32. The maximum atomic E-state index is 12.2. The average molecular weight is 1580 g/mol. The fourth-order valence-electron chi connectivity index (χ4n) is 11.4. The molecule has 0 aliphatic carbocycles. The summed E-state index contributed by atoms with van der Waals surface area (Å²) in [6.45, 7) is 54.6. The molecule has 1 atom stereocenters. The highest BCUT2D eigenvalue weighted by molar-refractivity contribution is 6.02. The lowest BCUT2D eigenvalue weighted by atomic mass is 9.80. The highest BCUT2D eigenvalue weighted by Gasteiger charge is 2.31. The van der Waals surface area contributed by atoms with Gasteiger partial charge in [0, 0.05) is 130 Å². The molecule has 14 heteroatoms. The average Bonchev–Trinajstić information content (AvgIpc) is 0.869. The first kappa shape index (κ1) is 100. The zero-order valence-electron chi connectivity index (χ0n) is 69.1. The van der Waals surface area contributed by atoms with Gasteiger partial charge in [-0.1, -0.05) is 301 Å². The first-order valence-electron chi connectivity index (χ1n) is 37.9. The Kier molecular flexibility index (Phi) is 43.4. The molecule has 594 valence electrons. The number of hydrogen-bond donors (Lipinski definition) is 2. The molecule has 3 saturated heterocycles. The molecule has 0 spiro atoms. The maximum Gasteiger partial charge on any atom is 0.179 e. The molecule has 13 nitrogen and oxygen atoms in total. The molecule has 6 aromatic rings. The number of aryl methyl sites for hydroxylation is 2. The van der Waals surface area contributed by atoms with E-state index in [9.17, 15) is 33.6 Å². The van der Waals surface area contributed by atoms with Crippen LogP contribution in [0.15, 0.2) is 152 Å². The van der Waals surface area contributed by atoms with Crippen LogP contribution in [0.3, 0.4) is 0 Å². The van der Waals surface area contributed by atoms with E-state index in [1.165, 1.54) is 49.0 Å². The number of aromatic nitrogens is 1. The Hall–Kier alpha value is -6.53. The number of ketones is 7. The van der Waals surface area contributed by atoms with Crippen LogP contribution in [-0.2, 0) is 37.9 Å². The van der Waals surface area contributed by atoms with Gasteiger partial charge >= 0.3 is 0 Å². The minimum absolute atomic E-state index is 0. The van der Waals surface area contributed by atoms with Crippen LogP contribution in [0.1, 0.15) is 284 Å². The summed E-state index contributed by atoms with van der Waals surface area (Å²) >= 11 is 0. The van der Waals surface area contributed by atoms with Crippen molar-refractivity contribution in [3.05, 3.63) is 208 Å². The van der Waals surface area contributed by atoms with Crippen molar-refractivity contribution in [2.24, 2.45) is 56.6 Å². The number of nitrogens with zero attached hydrogens (tertiary/aromatic N) is 4. The summed E-state index contributed by atoms with van der Waals surface area (Å²) in [4.78, 5) is 90.6. The van der Waals surface area contributed by atoms with E-state index in [0.29, 0.717) is 12.3 Å². The Morgan fingerprint density at radius 1 is 0.402 bits per heavy atom. The van der Waals surface area contributed by atoms with Crippen LogP contribution in [0.25, 0.3) is 0 Å². The fraction of sp³-hybridized carbons (Fsp3) is 0.548. The van der Waals surface area contributed by atoms with Crippen molar-refractivity contribution in [2.45, 2.75) is 225 Å². The molecule has 3 N–H and O–H groups in total. The van der Waals surface area contributed by atoms with Crippen molar-refractivity contribution >= 4 is 40.5 Å². The molecule has 0 radical (unpaired) electrons. The summed E-state index contributed by atoms with van der Waals surface area (Å²) in [5, 5.41) is 3.27. The number of nitrogens with one attached hydrogen (secondary N) is 1. The second-order valence-corrected chi connectivity index (χ2v) is 35.5. The quantitative estimate of drug-likeness (QED) is 0.0638. The first-order valence-corrected chi connectivity index (χ1v) is 37.9. The largest absolute Gasteiger partial charge is 1.00 e. The Labute approximate surface area is 667 Å². The lowest BCUT2D eigenvalue weighted by Crippen LogP contribution is -3.00. The maximum absolute atomic E-state index is 12.2. The molecule has 0 bridgehead atoms. The molecule has 0 amide bonds. The van der Waals surface area contributed by atoms with Gasteiger partial charge < -0.3 is 39.9 Å². The number of carbonyl (C=O) groups excluding carboxylic acids is 7. The molecule has 3 aliphatic heterocycles. The number of benzene rings is 5. The first-order chi connectivity index (χ1) is 48.2. The van der Waals surface area contributed by atoms with Crippen molar-refractivity contribution in [2.75, 3.05) is 59.4 Å². The monoisotopic (exact) mass is 1580 g/mol. The number of hydrogen-bond acceptors (Lipinski definition) is 12. The second kappa shape index (κ2) is 46.2. The van der Waals surface area contributed by atoms with Gasteiger partial charge in [0.25, 0.3) is 0 Å². The normalized spacial score (nSPS) is 15.0. The number of piperidine rings is 2. The Bertz CT molecular complexity index is 3540. The Morgan fingerprint density at radius 3 is 1.03 bits per heavy atom. The van der Waals surface area contributed by atoms with Crippen LogP contribution >= 0.6 is 0 Å². The SMILES string of the molecule is C.C.CC(C)(C)C(=O)C1CCCNC1.CC(C)(C)C(=O)c1ccc(CN)cc1.CC(C)(C)C(=O)c1ccc(CN2CCCCC2)cc1.CC(C)(C)C(=O)c1ccccc1.CCc1ccc(C(=O)C(C)(C)C)cc1.CN1CCN(Cc2ccc(C(=O)C(C)(C)C)cc2)CC1.C[n+]1cccc(C(=O)C(C)(C)C)c1.[I-]. The molecule has 1 aromatic heterocycles. The van der Waals surface area contributed by atoms with Crippen LogP contribution in [0.4, 0.5) is 0 Å². The third kappa shape index (κ3) is 37.2. The smallest absolute Gasteiger partial charge is 0.179 e.